The van der Waals surface area contributed by atoms with Crippen molar-refractivity contribution in [2.24, 2.45) is 10.9 Å². The van der Waals surface area contributed by atoms with Crippen molar-refractivity contribution in [2.75, 3.05) is 38.6 Å². The van der Waals surface area contributed by atoms with Gasteiger partial charge >= 0.3 is 0 Å². The zero-order chi connectivity index (χ0) is 22.1. The van der Waals surface area contributed by atoms with Gasteiger partial charge in [0.05, 0.1) is 6.54 Å². The number of rotatable bonds is 7. The number of anilines is 1. The van der Waals surface area contributed by atoms with E-state index in [0.29, 0.717) is 24.9 Å². The van der Waals surface area contributed by atoms with Crippen molar-refractivity contribution >= 4 is 17.6 Å². The SMILES string of the molecule is CCNC(=NCc1ccc(N(C)C2CCCCC2)cc1)N1CCC(CC(=O)NC)CC1. The van der Waals surface area contributed by atoms with Crippen LogP contribution < -0.4 is 15.5 Å². The summed E-state index contributed by atoms with van der Waals surface area (Å²) in [4.78, 5) is 21.4. The van der Waals surface area contributed by atoms with E-state index in [2.05, 4.69) is 58.7 Å². The molecule has 0 atom stereocenters. The van der Waals surface area contributed by atoms with Gasteiger partial charge in [0.2, 0.25) is 5.91 Å². The monoisotopic (exact) mass is 427 g/mol. The van der Waals surface area contributed by atoms with Gasteiger partial charge in [-0.05, 0) is 56.2 Å². The molecule has 1 saturated heterocycles. The smallest absolute Gasteiger partial charge is 0.220 e. The summed E-state index contributed by atoms with van der Waals surface area (Å²) in [6.45, 7) is 5.58. The number of nitrogens with one attached hydrogen (secondary N) is 2. The molecule has 1 aliphatic carbocycles. The highest BCUT2D eigenvalue weighted by atomic mass is 16.1. The van der Waals surface area contributed by atoms with Crippen molar-refractivity contribution in [1.82, 2.24) is 15.5 Å². The van der Waals surface area contributed by atoms with Crippen molar-refractivity contribution in [3.8, 4) is 0 Å². The number of likely N-dealkylation sites (tertiary alicyclic amines) is 1. The molecular weight excluding hydrogens is 386 g/mol. The standard InChI is InChI=1S/C25H41N5O/c1-4-27-25(30-16-14-20(15-17-30)18-24(31)26-2)28-19-21-10-12-23(13-11-21)29(3)22-8-6-5-7-9-22/h10-13,20,22H,4-9,14-19H2,1-3H3,(H,26,31)(H,27,28). The second-order valence-corrected chi connectivity index (χ2v) is 9.05. The molecule has 1 aromatic carbocycles. The number of guanidine groups is 1. The summed E-state index contributed by atoms with van der Waals surface area (Å²) in [6, 6.07) is 9.62. The van der Waals surface area contributed by atoms with Crippen molar-refractivity contribution in [2.45, 2.75) is 70.9 Å². The molecule has 6 nitrogen and oxygen atoms in total. The topological polar surface area (TPSA) is 60.0 Å². The van der Waals surface area contributed by atoms with Crippen molar-refractivity contribution in [1.29, 1.82) is 0 Å². The van der Waals surface area contributed by atoms with Crippen LogP contribution in [0.3, 0.4) is 0 Å². The first-order chi connectivity index (χ1) is 15.1. The van der Waals surface area contributed by atoms with E-state index in [1.54, 1.807) is 7.05 Å². The van der Waals surface area contributed by atoms with Crippen LogP contribution >= 0.6 is 0 Å². The van der Waals surface area contributed by atoms with Gasteiger partial charge in [0.25, 0.3) is 0 Å². The van der Waals surface area contributed by atoms with E-state index in [-0.39, 0.29) is 5.91 Å². The minimum Gasteiger partial charge on any atom is -0.372 e. The molecule has 31 heavy (non-hydrogen) atoms. The summed E-state index contributed by atoms with van der Waals surface area (Å²) in [5.74, 6) is 1.62. The Kier molecular flexibility index (Phi) is 9.04. The average Bonchev–Trinajstić information content (AvgIpc) is 2.82. The van der Waals surface area contributed by atoms with Gasteiger partial charge in [-0.3, -0.25) is 4.79 Å². The quantitative estimate of drug-likeness (QED) is 0.514. The number of piperidine rings is 1. The third kappa shape index (κ3) is 6.88. The number of carbonyl (C=O) groups is 1. The molecule has 0 spiro atoms. The highest BCUT2D eigenvalue weighted by Gasteiger charge is 2.23. The fraction of sp³-hybridized carbons (Fsp3) is 0.680. The lowest BCUT2D eigenvalue weighted by Crippen LogP contribution is -2.46. The van der Waals surface area contributed by atoms with Crippen molar-refractivity contribution in [3.63, 3.8) is 0 Å². The van der Waals surface area contributed by atoms with Crippen LogP contribution in [0.5, 0.6) is 0 Å². The predicted octanol–water partition coefficient (Wildman–Crippen LogP) is 3.77. The Balaban J connectivity index is 1.54. The molecule has 172 valence electrons. The zero-order valence-corrected chi connectivity index (χ0v) is 19.7. The first kappa shape index (κ1) is 23.4. The second-order valence-electron chi connectivity index (χ2n) is 9.05. The van der Waals surface area contributed by atoms with Crippen LogP contribution in [-0.4, -0.2) is 56.5 Å². The van der Waals surface area contributed by atoms with Gasteiger partial charge in [-0.1, -0.05) is 31.4 Å². The first-order valence-electron chi connectivity index (χ1n) is 12.2. The van der Waals surface area contributed by atoms with Crippen LogP contribution in [0, 0.1) is 5.92 Å². The molecule has 1 aliphatic heterocycles. The van der Waals surface area contributed by atoms with Crippen LogP contribution in [-0.2, 0) is 11.3 Å². The minimum absolute atomic E-state index is 0.150. The molecular formula is C25H41N5O. The number of hydrogen-bond donors (Lipinski definition) is 2. The molecule has 0 bridgehead atoms. The van der Waals surface area contributed by atoms with Crippen LogP contribution in [0.1, 0.15) is 63.9 Å². The highest BCUT2D eigenvalue weighted by molar-refractivity contribution is 5.80. The molecule has 1 heterocycles. The Hall–Kier alpha value is -2.24. The number of benzene rings is 1. The third-order valence-corrected chi connectivity index (χ3v) is 6.88. The second kappa shape index (κ2) is 12.0. The largest absolute Gasteiger partial charge is 0.372 e. The maximum Gasteiger partial charge on any atom is 0.220 e. The zero-order valence-electron chi connectivity index (χ0n) is 19.7. The summed E-state index contributed by atoms with van der Waals surface area (Å²) in [5, 5.41) is 6.19. The fourth-order valence-corrected chi connectivity index (χ4v) is 4.82. The van der Waals surface area contributed by atoms with E-state index >= 15 is 0 Å². The van der Waals surface area contributed by atoms with Crippen LogP contribution in [0.15, 0.2) is 29.3 Å². The van der Waals surface area contributed by atoms with Gasteiger partial charge in [-0.15, -0.1) is 0 Å². The lowest BCUT2D eigenvalue weighted by atomic mass is 9.93. The lowest BCUT2D eigenvalue weighted by Gasteiger charge is -2.34. The molecule has 2 aliphatic rings. The van der Waals surface area contributed by atoms with E-state index in [1.165, 1.54) is 43.4 Å². The molecule has 0 radical (unpaired) electrons. The summed E-state index contributed by atoms with van der Waals surface area (Å²) in [7, 11) is 3.95. The van der Waals surface area contributed by atoms with Gasteiger partial charge < -0.3 is 20.4 Å². The van der Waals surface area contributed by atoms with Crippen LogP contribution in [0.25, 0.3) is 0 Å². The third-order valence-electron chi connectivity index (χ3n) is 6.88. The van der Waals surface area contributed by atoms with E-state index in [4.69, 9.17) is 4.99 Å². The molecule has 1 saturated carbocycles. The molecule has 2 fully saturated rings. The number of aliphatic imine (C=N–C) groups is 1. The van der Waals surface area contributed by atoms with Gasteiger partial charge in [0.15, 0.2) is 5.96 Å². The number of hydrogen-bond acceptors (Lipinski definition) is 3. The van der Waals surface area contributed by atoms with Crippen molar-refractivity contribution < 1.29 is 4.79 Å². The molecule has 1 aromatic rings. The average molecular weight is 428 g/mol. The minimum atomic E-state index is 0.150. The number of nitrogens with zero attached hydrogens (tertiary/aromatic N) is 3. The number of carbonyl (C=O) groups excluding carboxylic acids is 1. The van der Waals surface area contributed by atoms with Gasteiger partial charge in [0, 0.05) is 51.9 Å². The van der Waals surface area contributed by atoms with Gasteiger partial charge in [-0.25, -0.2) is 4.99 Å². The van der Waals surface area contributed by atoms with E-state index < -0.39 is 0 Å². The van der Waals surface area contributed by atoms with E-state index in [0.717, 1.165) is 38.4 Å². The Morgan fingerprint density at radius 1 is 1.10 bits per heavy atom. The van der Waals surface area contributed by atoms with Crippen molar-refractivity contribution in [3.05, 3.63) is 29.8 Å². The Bertz CT molecular complexity index is 703. The highest BCUT2D eigenvalue weighted by Crippen LogP contribution is 2.26. The molecule has 0 aromatic heterocycles. The molecule has 1 amide bonds. The van der Waals surface area contributed by atoms with Crippen LogP contribution in [0.4, 0.5) is 5.69 Å². The Morgan fingerprint density at radius 2 is 1.77 bits per heavy atom. The fourth-order valence-electron chi connectivity index (χ4n) is 4.82. The normalized spacial score (nSPS) is 18.7. The summed E-state index contributed by atoms with van der Waals surface area (Å²) in [6.07, 6.45) is 9.46. The maximum atomic E-state index is 11.6. The molecule has 6 heteroatoms. The summed E-state index contributed by atoms with van der Waals surface area (Å²) < 4.78 is 0. The van der Waals surface area contributed by atoms with E-state index in [1.807, 2.05) is 0 Å². The predicted molar refractivity (Wildman–Crippen MR) is 130 cm³/mol. The summed E-state index contributed by atoms with van der Waals surface area (Å²) >= 11 is 0. The Morgan fingerprint density at radius 3 is 2.39 bits per heavy atom. The van der Waals surface area contributed by atoms with E-state index in [9.17, 15) is 4.79 Å². The summed E-state index contributed by atoms with van der Waals surface area (Å²) in [5.41, 5.74) is 2.55. The molecule has 3 rings (SSSR count). The van der Waals surface area contributed by atoms with Gasteiger partial charge in [0.1, 0.15) is 0 Å². The molecule has 2 N–H and O–H groups in total. The number of amides is 1. The lowest BCUT2D eigenvalue weighted by molar-refractivity contribution is -0.121. The Labute approximate surface area is 188 Å². The van der Waals surface area contributed by atoms with Crippen LogP contribution in [0.2, 0.25) is 0 Å². The molecule has 0 unspecified atom stereocenters. The first-order valence-corrected chi connectivity index (χ1v) is 12.2. The van der Waals surface area contributed by atoms with Gasteiger partial charge in [-0.2, -0.15) is 0 Å². The maximum absolute atomic E-state index is 11.6.